The average Bonchev–Trinajstić information content (AvgIpc) is 2.28. The van der Waals surface area contributed by atoms with Gasteiger partial charge in [-0.05, 0) is 25.1 Å². The lowest BCUT2D eigenvalue weighted by molar-refractivity contribution is 0.601. The standard InChI is InChI=1S/C11H12N4O2S/c1-8-6-9(2-5-14-8)15-18(16,17)11-7-13-4-3-10(11)12/h2-7H,1H3,(H2,12,13)(H,14,15). The van der Waals surface area contributed by atoms with Gasteiger partial charge in [0.1, 0.15) is 4.90 Å². The number of nitrogens with one attached hydrogen (secondary N) is 1. The van der Waals surface area contributed by atoms with E-state index in [2.05, 4.69) is 14.7 Å². The first-order valence-electron chi connectivity index (χ1n) is 5.14. The second kappa shape index (κ2) is 4.61. The van der Waals surface area contributed by atoms with Crippen molar-refractivity contribution in [2.45, 2.75) is 11.8 Å². The fraction of sp³-hybridized carbons (Fsp3) is 0.0909. The van der Waals surface area contributed by atoms with Crippen LogP contribution in [0.1, 0.15) is 5.69 Å². The minimum absolute atomic E-state index is 0.0422. The van der Waals surface area contributed by atoms with Gasteiger partial charge in [-0.15, -0.1) is 0 Å². The van der Waals surface area contributed by atoms with Crippen molar-refractivity contribution in [1.82, 2.24) is 9.97 Å². The van der Waals surface area contributed by atoms with Gasteiger partial charge in [0, 0.05) is 24.3 Å². The zero-order chi connectivity index (χ0) is 13.2. The third kappa shape index (κ3) is 2.57. The second-order valence-electron chi connectivity index (χ2n) is 3.70. The Balaban J connectivity index is 2.37. The molecule has 3 N–H and O–H groups in total. The number of hydrogen-bond donors (Lipinski definition) is 2. The van der Waals surface area contributed by atoms with E-state index in [4.69, 9.17) is 5.73 Å². The summed E-state index contributed by atoms with van der Waals surface area (Å²) in [4.78, 5) is 7.71. The molecule has 2 aromatic heterocycles. The first-order valence-corrected chi connectivity index (χ1v) is 6.62. The van der Waals surface area contributed by atoms with Crippen LogP contribution in [-0.4, -0.2) is 18.4 Å². The van der Waals surface area contributed by atoms with E-state index in [1.165, 1.54) is 24.7 Å². The van der Waals surface area contributed by atoms with Gasteiger partial charge < -0.3 is 5.73 Å². The van der Waals surface area contributed by atoms with Gasteiger partial charge in [0.05, 0.1) is 11.4 Å². The third-order valence-corrected chi connectivity index (χ3v) is 3.68. The monoisotopic (exact) mass is 264 g/mol. The van der Waals surface area contributed by atoms with Gasteiger partial charge in [0.2, 0.25) is 0 Å². The summed E-state index contributed by atoms with van der Waals surface area (Å²) in [6.07, 6.45) is 4.18. The second-order valence-corrected chi connectivity index (χ2v) is 5.36. The van der Waals surface area contributed by atoms with Crippen molar-refractivity contribution in [3.63, 3.8) is 0 Å². The van der Waals surface area contributed by atoms with Gasteiger partial charge in [-0.2, -0.15) is 0 Å². The molecule has 0 fully saturated rings. The Morgan fingerprint density at radius 3 is 2.72 bits per heavy atom. The van der Waals surface area contributed by atoms with E-state index in [0.717, 1.165) is 0 Å². The van der Waals surface area contributed by atoms with E-state index in [1.807, 2.05) is 0 Å². The van der Waals surface area contributed by atoms with Gasteiger partial charge in [0.25, 0.3) is 10.0 Å². The lowest BCUT2D eigenvalue weighted by Crippen LogP contribution is -2.15. The van der Waals surface area contributed by atoms with E-state index in [1.54, 1.807) is 19.1 Å². The minimum atomic E-state index is -3.73. The van der Waals surface area contributed by atoms with E-state index in [9.17, 15) is 8.42 Å². The molecule has 2 aromatic rings. The maximum absolute atomic E-state index is 12.1. The lowest BCUT2D eigenvalue weighted by Gasteiger charge is -2.09. The maximum atomic E-state index is 12.1. The molecule has 0 saturated heterocycles. The number of pyridine rings is 2. The lowest BCUT2D eigenvalue weighted by atomic mass is 10.3. The molecule has 2 rings (SSSR count). The fourth-order valence-electron chi connectivity index (χ4n) is 1.43. The summed E-state index contributed by atoms with van der Waals surface area (Å²) in [7, 11) is -3.73. The molecule has 18 heavy (non-hydrogen) atoms. The summed E-state index contributed by atoms with van der Waals surface area (Å²) < 4.78 is 26.6. The smallest absolute Gasteiger partial charge is 0.265 e. The van der Waals surface area contributed by atoms with Crippen molar-refractivity contribution >= 4 is 21.4 Å². The van der Waals surface area contributed by atoms with Gasteiger partial charge in [-0.25, -0.2) is 8.42 Å². The highest BCUT2D eigenvalue weighted by atomic mass is 32.2. The van der Waals surface area contributed by atoms with Crippen molar-refractivity contribution < 1.29 is 8.42 Å². The first-order chi connectivity index (χ1) is 8.49. The normalized spacial score (nSPS) is 11.2. The summed E-state index contributed by atoms with van der Waals surface area (Å²) in [5.74, 6) is 0. The Morgan fingerprint density at radius 2 is 2.06 bits per heavy atom. The molecule has 0 aliphatic heterocycles. The van der Waals surface area contributed by atoms with Crippen LogP contribution in [0.15, 0.2) is 41.7 Å². The quantitative estimate of drug-likeness (QED) is 0.867. The molecular formula is C11H12N4O2S. The zero-order valence-electron chi connectivity index (χ0n) is 9.66. The summed E-state index contributed by atoms with van der Waals surface area (Å²) in [5, 5.41) is 0. The van der Waals surface area contributed by atoms with Crippen molar-refractivity contribution in [3.8, 4) is 0 Å². The van der Waals surface area contributed by atoms with Crippen LogP contribution in [0, 0.1) is 6.92 Å². The van der Waals surface area contributed by atoms with Gasteiger partial charge >= 0.3 is 0 Å². The van der Waals surface area contributed by atoms with Crippen LogP contribution >= 0.6 is 0 Å². The molecule has 0 saturated carbocycles. The van der Waals surface area contributed by atoms with Crippen LogP contribution in [0.4, 0.5) is 11.4 Å². The maximum Gasteiger partial charge on any atom is 0.265 e. The Labute approximate surface area is 105 Å². The highest BCUT2D eigenvalue weighted by molar-refractivity contribution is 7.92. The summed E-state index contributed by atoms with van der Waals surface area (Å²) in [6, 6.07) is 4.63. The molecule has 0 unspecified atom stereocenters. The number of nitrogens with two attached hydrogens (primary N) is 1. The number of aryl methyl sites for hydroxylation is 1. The van der Waals surface area contributed by atoms with Crippen LogP contribution in [0.3, 0.4) is 0 Å². The fourth-order valence-corrected chi connectivity index (χ4v) is 2.56. The highest BCUT2D eigenvalue weighted by Gasteiger charge is 2.17. The van der Waals surface area contributed by atoms with Gasteiger partial charge in [0.15, 0.2) is 0 Å². The largest absolute Gasteiger partial charge is 0.398 e. The molecular weight excluding hydrogens is 252 g/mol. The van der Waals surface area contributed by atoms with Crippen LogP contribution in [0.25, 0.3) is 0 Å². The number of hydrogen-bond acceptors (Lipinski definition) is 5. The predicted molar refractivity (Wildman–Crippen MR) is 68.4 cm³/mol. The number of rotatable bonds is 3. The van der Waals surface area contributed by atoms with Gasteiger partial charge in [-0.1, -0.05) is 0 Å². The van der Waals surface area contributed by atoms with E-state index in [-0.39, 0.29) is 10.6 Å². The number of aromatic nitrogens is 2. The first kappa shape index (κ1) is 12.3. The molecule has 94 valence electrons. The number of anilines is 2. The van der Waals surface area contributed by atoms with Crippen LogP contribution in [0.5, 0.6) is 0 Å². The van der Waals surface area contributed by atoms with E-state index >= 15 is 0 Å². The summed E-state index contributed by atoms with van der Waals surface area (Å²) in [6.45, 7) is 1.77. The third-order valence-electron chi connectivity index (χ3n) is 2.25. The van der Waals surface area contributed by atoms with Crippen LogP contribution in [0.2, 0.25) is 0 Å². The molecule has 0 amide bonds. The van der Waals surface area contributed by atoms with Crippen molar-refractivity contribution in [1.29, 1.82) is 0 Å². The van der Waals surface area contributed by atoms with Crippen molar-refractivity contribution in [3.05, 3.63) is 42.5 Å². The van der Waals surface area contributed by atoms with Crippen molar-refractivity contribution in [2.24, 2.45) is 0 Å². The molecule has 0 spiro atoms. The molecule has 7 heteroatoms. The Kier molecular flexibility index (Phi) is 3.15. The Hall–Kier alpha value is -2.15. The molecule has 0 bridgehead atoms. The van der Waals surface area contributed by atoms with Gasteiger partial charge in [-0.3, -0.25) is 14.7 Å². The zero-order valence-corrected chi connectivity index (χ0v) is 10.5. The van der Waals surface area contributed by atoms with Crippen LogP contribution in [-0.2, 0) is 10.0 Å². The molecule has 0 aliphatic carbocycles. The molecule has 0 aromatic carbocycles. The number of sulfonamides is 1. The highest BCUT2D eigenvalue weighted by Crippen LogP contribution is 2.19. The van der Waals surface area contributed by atoms with Crippen LogP contribution < -0.4 is 10.5 Å². The molecule has 0 radical (unpaired) electrons. The topological polar surface area (TPSA) is 98.0 Å². The summed E-state index contributed by atoms with van der Waals surface area (Å²) >= 11 is 0. The predicted octanol–water partition coefficient (Wildman–Crippen LogP) is 1.17. The molecule has 6 nitrogen and oxygen atoms in total. The molecule has 0 aliphatic rings. The number of nitrogens with zero attached hydrogens (tertiary/aromatic N) is 2. The minimum Gasteiger partial charge on any atom is -0.398 e. The van der Waals surface area contributed by atoms with E-state index in [0.29, 0.717) is 11.4 Å². The Morgan fingerprint density at radius 1 is 1.28 bits per heavy atom. The SMILES string of the molecule is Cc1cc(NS(=O)(=O)c2cnccc2N)ccn1. The van der Waals surface area contributed by atoms with Crippen molar-refractivity contribution in [2.75, 3.05) is 10.5 Å². The van der Waals surface area contributed by atoms with E-state index < -0.39 is 10.0 Å². The molecule has 0 atom stereocenters. The number of nitrogen functional groups attached to an aromatic ring is 1. The average molecular weight is 264 g/mol. The molecule has 2 heterocycles. The Bertz CT molecular complexity index is 670. The summed E-state index contributed by atoms with van der Waals surface area (Å²) in [5.41, 5.74) is 6.93.